The van der Waals surface area contributed by atoms with Gasteiger partial charge in [-0.1, -0.05) is 30.3 Å². The van der Waals surface area contributed by atoms with E-state index < -0.39 is 65.3 Å². The summed E-state index contributed by atoms with van der Waals surface area (Å²) in [4.78, 5) is 49.6. The molecule has 0 atom stereocenters. The number of Topliss-reactive ketones (excluding diaryl/α,β-unsaturated/α-hetero) is 1. The van der Waals surface area contributed by atoms with Gasteiger partial charge in [0.15, 0.2) is 5.78 Å². The van der Waals surface area contributed by atoms with Gasteiger partial charge in [-0.3, -0.25) is 28.2 Å². The summed E-state index contributed by atoms with van der Waals surface area (Å²) in [5, 5.41) is 0. The molecule has 3 aromatic rings. The molecule has 2 aromatic carbocycles. The highest BCUT2D eigenvalue weighted by Crippen LogP contribution is 2.24. The van der Waals surface area contributed by atoms with Crippen molar-refractivity contribution >= 4 is 32.2 Å². The Balaban J connectivity index is 2.20. The quantitative estimate of drug-likeness (QED) is 0.197. The SMILES string of the molecule is COC(=O)Oc1[nH]c(=O)n(Cc2ccc(C(C)=O)cc2)c(=O)c1Cc1ccc(S(=O)(=O)O)cc1S(=O)(=O)O. The third-order valence-electron chi connectivity index (χ3n) is 5.28. The van der Waals surface area contributed by atoms with Crippen LogP contribution >= 0.6 is 0 Å². The molecule has 3 rings (SSSR count). The molecule has 0 radical (unpaired) electrons. The minimum Gasteiger partial charge on any atom is -0.437 e. The van der Waals surface area contributed by atoms with Crippen molar-refractivity contribution in [3.05, 3.63) is 85.6 Å². The largest absolute Gasteiger partial charge is 0.514 e. The fraction of sp³-hybridized carbons (Fsp3) is 0.182. The summed E-state index contributed by atoms with van der Waals surface area (Å²) in [5.74, 6) is -0.886. The van der Waals surface area contributed by atoms with Gasteiger partial charge in [-0.2, -0.15) is 16.8 Å². The molecule has 0 spiro atoms. The lowest BCUT2D eigenvalue weighted by atomic mass is 10.1. The molecule has 1 heterocycles. The Kier molecular flexibility index (Phi) is 8.01. The molecule has 0 aliphatic carbocycles. The first-order valence-electron chi connectivity index (χ1n) is 10.4. The summed E-state index contributed by atoms with van der Waals surface area (Å²) in [6.07, 6.45) is -2.01. The van der Waals surface area contributed by atoms with Crippen molar-refractivity contribution in [3.63, 3.8) is 0 Å². The average molecular weight is 569 g/mol. The summed E-state index contributed by atoms with van der Waals surface area (Å²) in [7, 11) is -8.99. The van der Waals surface area contributed by atoms with E-state index in [0.717, 1.165) is 19.2 Å². The van der Waals surface area contributed by atoms with Gasteiger partial charge in [0.1, 0.15) is 0 Å². The number of H-pyrrole nitrogens is 1. The van der Waals surface area contributed by atoms with Gasteiger partial charge in [0, 0.05) is 12.0 Å². The van der Waals surface area contributed by atoms with Crippen LogP contribution in [0.15, 0.2) is 61.8 Å². The number of hydrogen-bond acceptors (Lipinski definition) is 10. The molecule has 0 fully saturated rings. The second kappa shape index (κ2) is 10.7. The average Bonchev–Trinajstić information content (AvgIpc) is 2.83. The second-order valence-corrected chi connectivity index (χ2v) is 10.6. The molecule has 14 nitrogen and oxygen atoms in total. The highest BCUT2D eigenvalue weighted by Gasteiger charge is 2.25. The molecule has 0 bridgehead atoms. The first-order chi connectivity index (χ1) is 17.6. The standard InChI is InChI=1S/C22H20N2O12S2/c1-12(25)14-5-3-13(4-6-14)11-24-20(26)17(19(23-21(24)27)36-22(28)35-2)9-15-7-8-16(37(29,30)31)10-18(15)38(32,33)34/h3-8,10H,9,11H2,1-2H3,(H,23,27)(H,29,30,31)(H,32,33,34). The maximum Gasteiger partial charge on any atom is 0.514 e. The lowest BCUT2D eigenvalue weighted by molar-refractivity contribution is 0.101. The summed E-state index contributed by atoms with van der Waals surface area (Å²) in [5.41, 5.74) is -2.00. The highest BCUT2D eigenvalue weighted by molar-refractivity contribution is 7.86. The minimum atomic E-state index is -5.08. The lowest BCUT2D eigenvalue weighted by Crippen LogP contribution is -2.38. The number of nitrogens with zero attached hydrogens (tertiary/aromatic N) is 1. The van der Waals surface area contributed by atoms with Gasteiger partial charge < -0.3 is 9.47 Å². The summed E-state index contributed by atoms with van der Waals surface area (Å²) >= 11 is 0. The number of aromatic amines is 1. The molecule has 0 aliphatic rings. The van der Waals surface area contributed by atoms with Crippen LogP contribution in [0.1, 0.15) is 34.0 Å². The Hall–Kier alpha value is -4.12. The molecular weight excluding hydrogens is 548 g/mol. The molecule has 202 valence electrons. The number of hydrogen-bond donors (Lipinski definition) is 3. The van der Waals surface area contributed by atoms with Gasteiger partial charge in [-0.25, -0.2) is 9.59 Å². The van der Waals surface area contributed by atoms with E-state index in [0.29, 0.717) is 21.8 Å². The third kappa shape index (κ3) is 6.41. The smallest absolute Gasteiger partial charge is 0.437 e. The van der Waals surface area contributed by atoms with Crippen LogP contribution in [-0.2, 0) is 37.9 Å². The van der Waals surface area contributed by atoms with Gasteiger partial charge in [-0.15, -0.1) is 0 Å². The van der Waals surface area contributed by atoms with Crippen molar-refractivity contribution in [2.45, 2.75) is 29.7 Å². The van der Waals surface area contributed by atoms with Crippen LogP contribution in [0.25, 0.3) is 0 Å². The number of nitrogens with one attached hydrogen (secondary N) is 1. The maximum atomic E-state index is 13.4. The zero-order valence-electron chi connectivity index (χ0n) is 19.7. The summed E-state index contributed by atoms with van der Waals surface area (Å²) in [6, 6.07) is 8.19. The predicted molar refractivity (Wildman–Crippen MR) is 129 cm³/mol. The number of ketones is 1. The van der Waals surface area contributed by atoms with Crippen molar-refractivity contribution in [2.24, 2.45) is 0 Å². The van der Waals surface area contributed by atoms with E-state index in [1.165, 1.54) is 31.2 Å². The normalized spacial score (nSPS) is 11.7. The maximum absolute atomic E-state index is 13.4. The van der Waals surface area contributed by atoms with Gasteiger partial charge in [-0.05, 0) is 30.2 Å². The van der Waals surface area contributed by atoms with Crippen LogP contribution in [0.2, 0.25) is 0 Å². The number of rotatable bonds is 8. The highest BCUT2D eigenvalue weighted by atomic mass is 32.2. The number of methoxy groups -OCH3 is 1. The van der Waals surface area contributed by atoms with Crippen LogP contribution in [0.5, 0.6) is 5.88 Å². The van der Waals surface area contributed by atoms with E-state index in [1.807, 2.05) is 0 Å². The molecular formula is C22H20N2O12S2. The summed E-state index contributed by atoms with van der Waals surface area (Å²) < 4.78 is 75.7. The zero-order chi connectivity index (χ0) is 28.4. The number of benzene rings is 2. The monoisotopic (exact) mass is 568 g/mol. The fourth-order valence-corrected chi connectivity index (χ4v) is 4.73. The number of ether oxygens (including phenoxy) is 2. The topological polar surface area (TPSA) is 216 Å². The minimum absolute atomic E-state index is 0.201. The van der Waals surface area contributed by atoms with E-state index >= 15 is 0 Å². The number of carbonyl (C=O) groups is 2. The molecule has 0 aliphatic heterocycles. The van der Waals surface area contributed by atoms with Crippen molar-refractivity contribution in [1.29, 1.82) is 0 Å². The molecule has 1 aromatic heterocycles. The zero-order valence-corrected chi connectivity index (χ0v) is 21.3. The Bertz CT molecular complexity index is 1750. The third-order valence-corrected chi connectivity index (χ3v) is 7.06. The van der Waals surface area contributed by atoms with E-state index in [-0.39, 0.29) is 17.9 Å². The lowest BCUT2D eigenvalue weighted by Gasteiger charge is -2.14. The van der Waals surface area contributed by atoms with Gasteiger partial charge in [0.25, 0.3) is 25.8 Å². The molecule has 0 saturated heterocycles. The van der Waals surface area contributed by atoms with Crippen LogP contribution in [0, 0.1) is 0 Å². The molecule has 0 unspecified atom stereocenters. The van der Waals surface area contributed by atoms with Crippen LogP contribution in [0.4, 0.5) is 4.79 Å². The Morgan fingerprint density at radius 3 is 2.13 bits per heavy atom. The second-order valence-electron chi connectivity index (χ2n) is 7.83. The van der Waals surface area contributed by atoms with Crippen LogP contribution in [-0.4, -0.2) is 54.5 Å². The fourth-order valence-electron chi connectivity index (χ4n) is 3.40. The van der Waals surface area contributed by atoms with Gasteiger partial charge >= 0.3 is 11.8 Å². The first-order valence-corrected chi connectivity index (χ1v) is 13.3. The van der Waals surface area contributed by atoms with Crippen molar-refractivity contribution < 1.29 is 45.0 Å². The van der Waals surface area contributed by atoms with Crippen LogP contribution < -0.4 is 16.0 Å². The van der Waals surface area contributed by atoms with Crippen molar-refractivity contribution in [1.82, 2.24) is 9.55 Å². The van der Waals surface area contributed by atoms with Crippen molar-refractivity contribution in [3.8, 4) is 5.88 Å². The number of aromatic nitrogens is 2. The molecule has 38 heavy (non-hydrogen) atoms. The van der Waals surface area contributed by atoms with Crippen LogP contribution in [0.3, 0.4) is 0 Å². The summed E-state index contributed by atoms with van der Waals surface area (Å²) in [6.45, 7) is 1.06. The van der Waals surface area contributed by atoms with E-state index in [2.05, 4.69) is 9.72 Å². The van der Waals surface area contributed by atoms with Gasteiger partial charge in [0.05, 0.1) is 29.0 Å². The van der Waals surface area contributed by atoms with E-state index in [9.17, 15) is 45.1 Å². The predicted octanol–water partition coefficient (Wildman–Crippen LogP) is 1.02. The van der Waals surface area contributed by atoms with E-state index in [4.69, 9.17) is 4.74 Å². The molecule has 0 amide bonds. The number of carbonyl (C=O) groups excluding carboxylic acids is 2. The molecule has 0 saturated carbocycles. The Morgan fingerprint density at radius 2 is 1.61 bits per heavy atom. The van der Waals surface area contributed by atoms with E-state index in [1.54, 1.807) is 0 Å². The Morgan fingerprint density at radius 1 is 0.974 bits per heavy atom. The molecule has 16 heteroatoms. The molecule has 3 N–H and O–H groups in total. The first kappa shape index (κ1) is 28.5. The van der Waals surface area contributed by atoms with Crippen molar-refractivity contribution in [2.75, 3.05) is 7.11 Å². The Labute approximate surface area is 215 Å². The van der Waals surface area contributed by atoms with Gasteiger partial charge in [0.2, 0.25) is 5.88 Å².